The summed E-state index contributed by atoms with van der Waals surface area (Å²) in [5.41, 5.74) is 0.977. The number of nitrogens with zero attached hydrogens (tertiary/aromatic N) is 3. The summed E-state index contributed by atoms with van der Waals surface area (Å²) in [5, 5.41) is 3.31. The van der Waals surface area contributed by atoms with E-state index in [0.29, 0.717) is 6.54 Å². The third kappa shape index (κ3) is 2.29. The fraction of sp³-hybridized carbons (Fsp3) is 0.154. The van der Waals surface area contributed by atoms with Crippen LogP contribution < -0.4 is 5.32 Å². The van der Waals surface area contributed by atoms with Crippen molar-refractivity contribution in [3.63, 3.8) is 0 Å². The molecule has 0 bridgehead atoms. The van der Waals surface area contributed by atoms with Crippen LogP contribution >= 0.6 is 34.4 Å². The minimum atomic E-state index is 0.605. The average Bonchev–Trinajstić information content (AvgIpc) is 3.20. The van der Waals surface area contributed by atoms with E-state index >= 15 is 0 Å². The summed E-state index contributed by atoms with van der Waals surface area (Å²) in [6, 6.07) is 3.81. The van der Waals surface area contributed by atoms with E-state index in [1.807, 2.05) is 18.4 Å². The lowest BCUT2D eigenvalue weighted by atomic mass is 10.4. The first-order valence-electron chi connectivity index (χ1n) is 6.19. The summed E-state index contributed by atoms with van der Waals surface area (Å²) in [7, 11) is 0. The van der Waals surface area contributed by atoms with Crippen LogP contribution in [0, 0.1) is 0 Å². The van der Waals surface area contributed by atoms with Gasteiger partial charge in [0.15, 0.2) is 4.34 Å². The summed E-state index contributed by atoms with van der Waals surface area (Å²) in [6.07, 6.45) is 5.30. The van der Waals surface area contributed by atoms with Crippen LogP contribution in [0.1, 0.15) is 5.76 Å². The zero-order chi connectivity index (χ0) is 14.2. The first-order valence-corrected chi connectivity index (χ1v) is 9.05. The quantitative estimate of drug-likeness (QED) is 0.564. The van der Waals surface area contributed by atoms with Crippen molar-refractivity contribution in [2.45, 2.75) is 10.9 Å². The standard InChI is InChI=1S/C13H10N4OS3/c1-19-13-17-12-10(21-13)8-9(20-12)11(16-6-15-8)14-5-7-3-2-4-18-7/h2-4,6H,5H2,1H3,(H,14,15,16). The molecule has 0 saturated heterocycles. The molecule has 0 saturated carbocycles. The lowest BCUT2D eigenvalue weighted by Crippen LogP contribution is -2.00. The summed E-state index contributed by atoms with van der Waals surface area (Å²) in [5.74, 6) is 1.71. The Morgan fingerprint density at radius 1 is 1.29 bits per heavy atom. The van der Waals surface area contributed by atoms with Crippen molar-refractivity contribution in [3.05, 3.63) is 30.5 Å². The summed E-state index contributed by atoms with van der Waals surface area (Å²) >= 11 is 4.98. The van der Waals surface area contributed by atoms with Crippen molar-refractivity contribution >= 4 is 60.0 Å². The van der Waals surface area contributed by atoms with E-state index in [4.69, 9.17) is 4.42 Å². The maximum Gasteiger partial charge on any atom is 0.151 e. The summed E-state index contributed by atoms with van der Waals surface area (Å²) in [4.78, 5) is 14.4. The number of hydrogen-bond acceptors (Lipinski definition) is 8. The highest BCUT2D eigenvalue weighted by molar-refractivity contribution is 8.00. The Hall–Kier alpha value is -1.64. The van der Waals surface area contributed by atoms with Crippen molar-refractivity contribution in [2.75, 3.05) is 11.6 Å². The number of furan rings is 1. The van der Waals surface area contributed by atoms with Gasteiger partial charge in [0.1, 0.15) is 28.3 Å². The van der Waals surface area contributed by atoms with Gasteiger partial charge in [0, 0.05) is 0 Å². The van der Waals surface area contributed by atoms with Gasteiger partial charge in [-0.25, -0.2) is 15.0 Å². The Labute approximate surface area is 132 Å². The molecule has 0 aliphatic carbocycles. The molecule has 0 atom stereocenters. The molecule has 0 spiro atoms. The molecule has 21 heavy (non-hydrogen) atoms. The Morgan fingerprint density at radius 2 is 2.24 bits per heavy atom. The second-order valence-electron chi connectivity index (χ2n) is 4.25. The van der Waals surface area contributed by atoms with E-state index in [9.17, 15) is 0 Å². The van der Waals surface area contributed by atoms with Crippen LogP contribution in [0.15, 0.2) is 33.5 Å². The number of thiazole rings is 1. The normalized spacial score (nSPS) is 11.5. The highest BCUT2D eigenvalue weighted by Gasteiger charge is 2.15. The Kier molecular flexibility index (Phi) is 3.28. The monoisotopic (exact) mass is 334 g/mol. The van der Waals surface area contributed by atoms with Gasteiger partial charge in [0.25, 0.3) is 0 Å². The van der Waals surface area contributed by atoms with Gasteiger partial charge in [-0.2, -0.15) is 0 Å². The van der Waals surface area contributed by atoms with Crippen molar-refractivity contribution in [3.8, 4) is 0 Å². The zero-order valence-electron chi connectivity index (χ0n) is 11.0. The van der Waals surface area contributed by atoms with Crippen LogP contribution in [0.2, 0.25) is 0 Å². The molecule has 0 unspecified atom stereocenters. The first-order chi connectivity index (χ1) is 10.3. The van der Waals surface area contributed by atoms with Gasteiger partial charge in [-0.05, 0) is 18.4 Å². The largest absolute Gasteiger partial charge is 0.467 e. The minimum Gasteiger partial charge on any atom is -0.467 e. The molecule has 0 aliphatic rings. The van der Waals surface area contributed by atoms with Gasteiger partial charge in [-0.15, -0.1) is 22.7 Å². The van der Waals surface area contributed by atoms with Crippen LogP contribution in [0.5, 0.6) is 0 Å². The predicted octanol–water partition coefficient (Wildman–Crippen LogP) is 4.23. The maximum absolute atomic E-state index is 5.33. The topological polar surface area (TPSA) is 63.8 Å². The lowest BCUT2D eigenvalue weighted by Gasteiger charge is -2.03. The van der Waals surface area contributed by atoms with Gasteiger partial charge in [0.05, 0.1) is 22.2 Å². The van der Waals surface area contributed by atoms with Crippen LogP contribution in [0.3, 0.4) is 0 Å². The lowest BCUT2D eigenvalue weighted by molar-refractivity contribution is 0.518. The van der Waals surface area contributed by atoms with Crippen LogP contribution in [-0.4, -0.2) is 21.2 Å². The average molecular weight is 334 g/mol. The number of hydrogen-bond donors (Lipinski definition) is 1. The molecule has 8 heteroatoms. The van der Waals surface area contributed by atoms with Crippen molar-refractivity contribution in [2.24, 2.45) is 0 Å². The van der Waals surface area contributed by atoms with Crippen LogP contribution in [0.4, 0.5) is 5.82 Å². The van der Waals surface area contributed by atoms with Crippen molar-refractivity contribution in [1.82, 2.24) is 15.0 Å². The molecular formula is C13H10N4OS3. The Balaban J connectivity index is 1.75. The number of thioether (sulfide) groups is 1. The second-order valence-corrected chi connectivity index (χ2v) is 7.30. The first kappa shape index (κ1) is 13.1. The number of aromatic nitrogens is 3. The molecule has 1 N–H and O–H groups in total. The number of nitrogens with one attached hydrogen (secondary N) is 1. The van der Waals surface area contributed by atoms with Gasteiger partial charge in [-0.1, -0.05) is 11.8 Å². The van der Waals surface area contributed by atoms with E-state index < -0.39 is 0 Å². The van der Waals surface area contributed by atoms with Crippen LogP contribution in [-0.2, 0) is 6.54 Å². The summed E-state index contributed by atoms with van der Waals surface area (Å²) in [6.45, 7) is 0.605. The zero-order valence-corrected chi connectivity index (χ0v) is 13.4. The van der Waals surface area contributed by atoms with Crippen molar-refractivity contribution in [1.29, 1.82) is 0 Å². The minimum absolute atomic E-state index is 0.605. The molecule has 0 amide bonds. The van der Waals surface area contributed by atoms with E-state index in [2.05, 4.69) is 20.3 Å². The molecule has 4 aromatic rings. The SMILES string of the molecule is CSc1nc2sc3c(NCc4ccco4)ncnc3c2s1. The predicted molar refractivity (Wildman–Crippen MR) is 88.4 cm³/mol. The molecule has 0 aromatic carbocycles. The number of fused-ring (bicyclic) bond motifs is 3. The second kappa shape index (κ2) is 5.28. The van der Waals surface area contributed by atoms with E-state index in [-0.39, 0.29) is 0 Å². The highest BCUT2D eigenvalue weighted by Crippen LogP contribution is 2.40. The Morgan fingerprint density at radius 3 is 3.05 bits per heavy atom. The molecule has 4 rings (SSSR count). The molecule has 4 heterocycles. The van der Waals surface area contributed by atoms with Gasteiger partial charge >= 0.3 is 0 Å². The number of anilines is 1. The van der Waals surface area contributed by atoms with Gasteiger partial charge in [0.2, 0.25) is 0 Å². The highest BCUT2D eigenvalue weighted by atomic mass is 32.2. The molecule has 0 fully saturated rings. The third-order valence-corrected chi connectivity index (χ3v) is 6.23. The third-order valence-electron chi connectivity index (χ3n) is 2.98. The Bertz CT molecular complexity index is 897. The van der Waals surface area contributed by atoms with Crippen LogP contribution in [0.25, 0.3) is 19.7 Å². The molecule has 5 nitrogen and oxygen atoms in total. The fourth-order valence-corrected chi connectivity index (χ4v) is 4.92. The number of thiophene rings is 1. The molecule has 0 aliphatic heterocycles. The van der Waals surface area contributed by atoms with Gasteiger partial charge in [-0.3, -0.25) is 0 Å². The maximum atomic E-state index is 5.33. The fourth-order valence-electron chi connectivity index (χ4n) is 2.03. The summed E-state index contributed by atoms with van der Waals surface area (Å²) < 4.78 is 8.59. The molecule has 0 radical (unpaired) electrons. The van der Waals surface area contributed by atoms with E-state index in [1.54, 1.807) is 47.0 Å². The molecule has 4 aromatic heterocycles. The smallest absolute Gasteiger partial charge is 0.151 e. The van der Waals surface area contributed by atoms with Gasteiger partial charge < -0.3 is 9.73 Å². The molecule has 106 valence electrons. The van der Waals surface area contributed by atoms with E-state index in [0.717, 1.165) is 35.7 Å². The molecular weight excluding hydrogens is 324 g/mol. The van der Waals surface area contributed by atoms with Crippen molar-refractivity contribution < 1.29 is 4.42 Å². The van der Waals surface area contributed by atoms with E-state index in [1.165, 1.54) is 0 Å². The number of rotatable bonds is 4.